The van der Waals surface area contributed by atoms with Crippen LogP contribution in [-0.2, 0) is 4.43 Å². The Morgan fingerprint density at radius 3 is 1.76 bits per heavy atom. The summed E-state index contributed by atoms with van der Waals surface area (Å²) >= 11 is 0. The summed E-state index contributed by atoms with van der Waals surface area (Å²) < 4.78 is 6.27. The third-order valence-corrected chi connectivity index (χ3v) is 9.76. The standard InChI is InChI=1S/C14H28O2Si/c1-8-14(15)9-10-16-17(11(2)3,12(4)5)13(6)7/h1,11-15H,9-10H2,2-7H3/t14-/m1/s1. The average molecular weight is 256 g/mol. The first kappa shape index (κ1) is 16.7. The van der Waals surface area contributed by atoms with Gasteiger partial charge in [0, 0.05) is 13.0 Å². The van der Waals surface area contributed by atoms with E-state index < -0.39 is 14.4 Å². The van der Waals surface area contributed by atoms with Crippen LogP contribution in [-0.4, -0.2) is 26.1 Å². The summed E-state index contributed by atoms with van der Waals surface area (Å²) in [5.74, 6) is 2.33. The molecule has 0 aromatic rings. The minimum Gasteiger partial charge on any atom is -0.416 e. The van der Waals surface area contributed by atoms with Gasteiger partial charge in [0.05, 0.1) is 0 Å². The van der Waals surface area contributed by atoms with Crippen molar-refractivity contribution in [3.8, 4) is 12.3 Å². The molecule has 0 bridgehead atoms. The number of aliphatic hydroxyl groups excluding tert-OH is 1. The Bertz CT molecular complexity index is 232. The Morgan fingerprint density at radius 1 is 1.06 bits per heavy atom. The van der Waals surface area contributed by atoms with E-state index in [1.807, 2.05) is 0 Å². The van der Waals surface area contributed by atoms with E-state index in [0.29, 0.717) is 29.7 Å². The van der Waals surface area contributed by atoms with Crippen molar-refractivity contribution in [2.24, 2.45) is 0 Å². The normalized spacial score (nSPS) is 14.4. The van der Waals surface area contributed by atoms with Gasteiger partial charge < -0.3 is 9.53 Å². The molecule has 0 aliphatic rings. The van der Waals surface area contributed by atoms with E-state index in [0.717, 1.165) is 0 Å². The summed E-state index contributed by atoms with van der Waals surface area (Å²) in [7, 11) is -1.79. The Hall–Kier alpha value is -0.303. The molecule has 0 radical (unpaired) electrons. The van der Waals surface area contributed by atoms with Gasteiger partial charge in [0.25, 0.3) is 0 Å². The molecule has 2 nitrogen and oxygen atoms in total. The van der Waals surface area contributed by atoms with Gasteiger partial charge >= 0.3 is 0 Å². The number of terminal acetylenes is 1. The second kappa shape index (κ2) is 7.20. The number of aliphatic hydroxyl groups is 1. The van der Waals surface area contributed by atoms with Crippen LogP contribution in [0.25, 0.3) is 0 Å². The SMILES string of the molecule is C#C[C@@H](O)CCO[Si](C(C)C)(C(C)C)C(C)C. The molecule has 0 saturated heterocycles. The molecule has 17 heavy (non-hydrogen) atoms. The van der Waals surface area contributed by atoms with Crippen LogP contribution >= 0.6 is 0 Å². The lowest BCUT2D eigenvalue weighted by atomic mass is 10.3. The third kappa shape index (κ3) is 4.13. The van der Waals surface area contributed by atoms with E-state index >= 15 is 0 Å². The molecule has 0 aromatic heterocycles. The lowest BCUT2D eigenvalue weighted by Crippen LogP contribution is -2.48. The summed E-state index contributed by atoms with van der Waals surface area (Å²) in [6, 6.07) is 0. The van der Waals surface area contributed by atoms with E-state index in [1.54, 1.807) is 0 Å². The zero-order valence-electron chi connectivity index (χ0n) is 12.2. The lowest BCUT2D eigenvalue weighted by molar-refractivity contribution is 0.176. The number of rotatable bonds is 7. The van der Waals surface area contributed by atoms with Crippen LogP contribution < -0.4 is 0 Å². The zero-order chi connectivity index (χ0) is 13.6. The van der Waals surface area contributed by atoms with Crippen LogP contribution in [0, 0.1) is 12.3 Å². The molecule has 0 unspecified atom stereocenters. The van der Waals surface area contributed by atoms with Crippen molar-refractivity contribution in [3.05, 3.63) is 0 Å². The molecule has 1 N–H and O–H groups in total. The third-order valence-electron chi connectivity index (χ3n) is 3.64. The van der Waals surface area contributed by atoms with Gasteiger partial charge in [-0.25, -0.2) is 0 Å². The van der Waals surface area contributed by atoms with Crippen molar-refractivity contribution >= 4 is 8.32 Å². The summed E-state index contributed by atoms with van der Waals surface area (Å²) in [5, 5.41) is 9.37. The maximum atomic E-state index is 9.37. The molecule has 0 aliphatic heterocycles. The van der Waals surface area contributed by atoms with Crippen LogP contribution in [0.1, 0.15) is 48.0 Å². The van der Waals surface area contributed by atoms with Gasteiger partial charge in [-0.1, -0.05) is 47.5 Å². The molecule has 0 rings (SSSR count). The highest BCUT2D eigenvalue weighted by Gasteiger charge is 2.44. The van der Waals surface area contributed by atoms with E-state index in [-0.39, 0.29) is 0 Å². The molecule has 0 fully saturated rings. The fraction of sp³-hybridized carbons (Fsp3) is 0.857. The van der Waals surface area contributed by atoms with Gasteiger partial charge in [-0.3, -0.25) is 0 Å². The topological polar surface area (TPSA) is 29.5 Å². The summed E-state index contributed by atoms with van der Waals surface area (Å²) in [6.07, 6.45) is 5.02. The van der Waals surface area contributed by atoms with Crippen molar-refractivity contribution in [2.45, 2.75) is 70.7 Å². The highest BCUT2D eigenvalue weighted by atomic mass is 28.4. The summed E-state index contributed by atoms with van der Waals surface area (Å²) in [5.41, 5.74) is 1.72. The molecule has 0 amide bonds. The maximum absolute atomic E-state index is 9.37. The van der Waals surface area contributed by atoms with E-state index in [2.05, 4.69) is 47.5 Å². The van der Waals surface area contributed by atoms with Crippen molar-refractivity contribution in [3.63, 3.8) is 0 Å². The average Bonchev–Trinajstić information content (AvgIpc) is 2.22. The first-order valence-electron chi connectivity index (χ1n) is 6.57. The van der Waals surface area contributed by atoms with Crippen LogP contribution in [0.15, 0.2) is 0 Å². The monoisotopic (exact) mass is 256 g/mol. The van der Waals surface area contributed by atoms with Gasteiger partial charge in [0.1, 0.15) is 6.10 Å². The minimum absolute atomic E-state index is 0.539. The molecule has 0 aliphatic carbocycles. The molecular weight excluding hydrogens is 228 g/mol. The molecule has 100 valence electrons. The smallest absolute Gasteiger partial charge is 0.200 e. The predicted molar refractivity (Wildman–Crippen MR) is 76.5 cm³/mol. The largest absolute Gasteiger partial charge is 0.416 e. The van der Waals surface area contributed by atoms with E-state index in [1.165, 1.54) is 0 Å². The molecular formula is C14H28O2Si. The Balaban J connectivity index is 4.66. The zero-order valence-corrected chi connectivity index (χ0v) is 13.2. The molecule has 0 spiro atoms. The van der Waals surface area contributed by atoms with Crippen LogP contribution in [0.3, 0.4) is 0 Å². The Morgan fingerprint density at radius 2 is 1.47 bits per heavy atom. The molecule has 0 heterocycles. The molecule has 1 atom stereocenters. The fourth-order valence-corrected chi connectivity index (χ4v) is 8.40. The Kier molecular flexibility index (Phi) is 7.07. The second-order valence-corrected chi connectivity index (χ2v) is 11.1. The number of hydrogen-bond donors (Lipinski definition) is 1. The molecule has 0 saturated carbocycles. The van der Waals surface area contributed by atoms with E-state index in [4.69, 9.17) is 10.8 Å². The van der Waals surface area contributed by atoms with Crippen molar-refractivity contribution in [1.29, 1.82) is 0 Å². The van der Waals surface area contributed by atoms with E-state index in [9.17, 15) is 5.11 Å². The fourth-order valence-electron chi connectivity index (χ4n) is 2.93. The minimum atomic E-state index is -1.79. The van der Waals surface area contributed by atoms with Crippen molar-refractivity contribution in [2.75, 3.05) is 6.61 Å². The van der Waals surface area contributed by atoms with Crippen LogP contribution in [0.5, 0.6) is 0 Å². The summed E-state index contributed by atoms with van der Waals surface area (Å²) in [6.45, 7) is 14.1. The highest BCUT2D eigenvalue weighted by Crippen LogP contribution is 2.42. The van der Waals surface area contributed by atoms with Gasteiger partial charge in [0.2, 0.25) is 0 Å². The van der Waals surface area contributed by atoms with Gasteiger partial charge in [-0.05, 0) is 16.6 Å². The van der Waals surface area contributed by atoms with Crippen LogP contribution in [0.2, 0.25) is 16.6 Å². The quantitative estimate of drug-likeness (QED) is 0.557. The van der Waals surface area contributed by atoms with Crippen molar-refractivity contribution < 1.29 is 9.53 Å². The lowest BCUT2D eigenvalue weighted by Gasteiger charge is -2.42. The summed E-state index contributed by atoms with van der Waals surface area (Å²) in [4.78, 5) is 0. The molecule has 0 aromatic carbocycles. The number of hydrogen-bond acceptors (Lipinski definition) is 2. The van der Waals surface area contributed by atoms with Gasteiger partial charge in [0.15, 0.2) is 8.32 Å². The maximum Gasteiger partial charge on any atom is 0.200 e. The highest BCUT2D eigenvalue weighted by molar-refractivity contribution is 6.77. The first-order chi connectivity index (χ1) is 7.78. The van der Waals surface area contributed by atoms with Crippen LogP contribution in [0.4, 0.5) is 0 Å². The molecule has 3 heteroatoms. The predicted octanol–water partition coefficient (Wildman–Crippen LogP) is 3.56. The van der Waals surface area contributed by atoms with Gasteiger partial charge in [-0.15, -0.1) is 6.42 Å². The van der Waals surface area contributed by atoms with Crippen molar-refractivity contribution in [1.82, 2.24) is 0 Å². The Labute approximate surface area is 108 Å². The first-order valence-corrected chi connectivity index (χ1v) is 8.71. The van der Waals surface area contributed by atoms with Gasteiger partial charge in [-0.2, -0.15) is 0 Å². The second-order valence-electron chi connectivity index (χ2n) is 5.64.